The van der Waals surface area contributed by atoms with Crippen LogP contribution >= 0.6 is 0 Å². The summed E-state index contributed by atoms with van der Waals surface area (Å²) in [5.41, 5.74) is 5.15. The second kappa shape index (κ2) is 3.41. The van der Waals surface area contributed by atoms with E-state index in [2.05, 4.69) is 0 Å². The third-order valence-electron chi connectivity index (χ3n) is 2.78. The van der Waals surface area contributed by atoms with E-state index < -0.39 is 16.4 Å². The minimum absolute atomic E-state index is 0.278. The van der Waals surface area contributed by atoms with Crippen LogP contribution in [0.5, 0.6) is 5.75 Å². The van der Waals surface area contributed by atoms with Crippen molar-refractivity contribution in [2.45, 2.75) is 24.8 Å². The predicted molar refractivity (Wildman–Crippen MR) is 54.6 cm³/mol. The number of nitrogens with two attached hydrogens (primary N) is 1. The third-order valence-corrected chi connectivity index (χ3v) is 2.78. The van der Waals surface area contributed by atoms with Crippen LogP contribution in [0.3, 0.4) is 0 Å². The molecule has 0 saturated heterocycles. The Morgan fingerprint density at radius 1 is 1.56 bits per heavy atom. The van der Waals surface area contributed by atoms with Gasteiger partial charge in [0.05, 0.1) is 4.92 Å². The molecule has 0 bridgehead atoms. The molecule has 0 atom stereocenters. The first-order valence-electron chi connectivity index (χ1n) is 4.86. The highest BCUT2D eigenvalue weighted by Crippen LogP contribution is 2.38. The van der Waals surface area contributed by atoms with Gasteiger partial charge in [0, 0.05) is 23.2 Å². The van der Waals surface area contributed by atoms with E-state index in [9.17, 15) is 19.6 Å². The summed E-state index contributed by atoms with van der Waals surface area (Å²) in [7, 11) is 0. The largest absolute Gasteiger partial charge is 0.508 e. The van der Waals surface area contributed by atoms with Gasteiger partial charge in [0.15, 0.2) is 0 Å². The maximum absolute atomic E-state index is 13.1. The molecule has 0 spiro atoms. The van der Waals surface area contributed by atoms with Crippen LogP contribution in [0.4, 0.5) is 10.1 Å². The Kier molecular flexibility index (Phi) is 2.31. The van der Waals surface area contributed by atoms with Gasteiger partial charge in [-0.3, -0.25) is 10.1 Å². The van der Waals surface area contributed by atoms with Gasteiger partial charge in [-0.05, 0) is 19.3 Å². The maximum Gasteiger partial charge on any atom is 0.305 e. The van der Waals surface area contributed by atoms with Crippen molar-refractivity contribution in [2.75, 3.05) is 0 Å². The number of nitrogens with zero attached hydrogens (tertiary/aromatic N) is 1. The summed E-state index contributed by atoms with van der Waals surface area (Å²) in [6.07, 6.45) is 1.97. The van der Waals surface area contributed by atoms with E-state index in [1.165, 1.54) is 0 Å². The van der Waals surface area contributed by atoms with Gasteiger partial charge in [-0.15, -0.1) is 0 Å². The van der Waals surface area contributed by atoms with Crippen molar-refractivity contribution in [3.8, 4) is 5.75 Å². The summed E-state index contributed by atoms with van der Waals surface area (Å²) in [6.45, 7) is 0. The molecule has 1 aliphatic rings. The number of rotatable bonds is 3. The standard InChI is InChI=1S/C10H11FN2O3/c11-7-4-9(14)6(3-8(7)13(15)16)5-10(12)1-2-10/h3-4,14H,1-2,5,12H2. The predicted octanol–water partition coefficient (Wildman–Crippen LogP) is 1.47. The van der Waals surface area contributed by atoms with Crippen LogP contribution in [-0.2, 0) is 6.42 Å². The molecule has 6 heteroatoms. The fourth-order valence-corrected chi connectivity index (χ4v) is 1.59. The molecule has 16 heavy (non-hydrogen) atoms. The van der Waals surface area contributed by atoms with E-state index in [1.807, 2.05) is 0 Å². The molecule has 1 aromatic carbocycles. The fraction of sp³-hybridized carbons (Fsp3) is 0.400. The molecule has 1 saturated carbocycles. The Balaban J connectivity index is 2.37. The number of phenolic OH excluding ortho intramolecular Hbond substituents is 1. The number of hydrogen-bond acceptors (Lipinski definition) is 4. The molecule has 1 aromatic rings. The smallest absolute Gasteiger partial charge is 0.305 e. The molecule has 0 amide bonds. The van der Waals surface area contributed by atoms with E-state index in [0.29, 0.717) is 12.0 Å². The van der Waals surface area contributed by atoms with Gasteiger partial charge in [0.2, 0.25) is 5.82 Å². The van der Waals surface area contributed by atoms with Crippen molar-refractivity contribution >= 4 is 5.69 Å². The molecule has 5 nitrogen and oxygen atoms in total. The fourth-order valence-electron chi connectivity index (χ4n) is 1.59. The Bertz CT molecular complexity index is 458. The zero-order valence-corrected chi connectivity index (χ0v) is 8.44. The summed E-state index contributed by atoms with van der Waals surface area (Å²) >= 11 is 0. The average Bonchev–Trinajstić information content (AvgIpc) is 2.88. The van der Waals surface area contributed by atoms with Crippen LogP contribution < -0.4 is 5.73 Å². The SMILES string of the molecule is NC1(Cc2cc([N+](=O)[O-])c(F)cc2O)CC1. The Labute approximate surface area is 90.8 Å². The summed E-state index contributed by atoms with van der Waals surface area (Å²) in [6, 6.07) is 1.82. The molecule has 0 heterocycles. The van der Waals surface area contributed by atoms with Gasteiger partial charge in [0.25, 0.3) is 0 Å². The molecular weight excluding hydrogens is 215 g/mol. The summed E-state index contributed by atoms with van der Waals surface area (Å²) in [5.74, 6) is -1.31. The van der Waals surface area contributed by atoms with Gasteiger partial charge in [0.1, 0.15) is 5.75 Å². The van der Waals surface area contributed by atoms with E-state index in [0.717, 1.165) is 25.0 Å². The van der Waals surface area contributed by atoms with Crippen LogP contribution in [-0.4, -0.2) is 15.6 Å². The number of nitro benzene ring substituents is 1. The van der Waals surface area contributed by atoms with Crippen molar-refractivity contribution < 1.29 is 14.4 Å². The number of nitro groups is 1. The highest BCUT2D eigenvalue weighted by molar-refractivity contribution is 5.45. The van der Waals surface area contributed by atoms with Crippen LogP contribution in [0.2, 0.25) is 0 Å². The molecular formula is C10H11FN2O3. The first-order chi connectivity index (χ1) is 7.41. The minimum Gasteiger partial charge on any atom is -0.508 e. The summed E-state index contributed by atoms with van der Waals surface area (Å²) in [4.78, 5) is 9.71. The molecule has 0 aromatic heterocycles. The topological polar surface area (TPSA) is 89.4 Å². The molecule has 2 rings (SSSR count). The number of aromatic hydroxyl groups is 1. The summed E-state index contributed by atoms with van der Waals surface area (Å²) < 4.78 is 13.1. The second-order valence-electron chi connectivity index (χ2n) is 4.23. The van der Waals surface area contributed by atoms with Gasteiger partial charge in [-0.1, -0.05) is 0 Å². The first kappa shape index (κ1) is 10.8. The highest BCUT2D eigenvalue weighted by atomic mass is 19.1. The zero-order chi connectivity index (χ0) is 11.9. The van der Waals surface area contributed by atoms with Crippen LogP contribution in [0.25, 0.3) is 0 Å². The van der Waals surface area contributed by atoms with Gasteiger partial charge < -0.3 is 10.8 Å². The lowest BCUT2D eigenvalue weighted by Crippen LogP contribution is -2.24. The highest BCUT2D eigenvalue weighted by Gasteiger charge is 2.39. The zero-order valence-electron chi connectivity index (χ0n) is 8.44. The molecule has 1 fully saturated rings. The van der Waals surface area contributed by atoms with Crippen molar-refractivity contribution in [3.63, 3.8) is 0 Å². The lowest BCUT2D eigenvalue weighted by atomic mass is 10.0. The van der Waals surface area contributed by atoms with Crippen molar-refractivity contribution in [1.82, 2.24) is 0 Å². The van der Waals surface area contributed by atoms with E-state index >= 15 is 0 Å². The Morgan fingerprint density at radius 3 is 2.69 bits per heavy atom. The second-order valence-corrected chi connectivity index (χ2v) is 4.23. The van der Waals surface area contributed by atoms with Gasteiger partial charge >= 0.3 is 5.69 Å². The van der Waals surface area contributed by atoms with Gasteiger partial charge in [-0.25, -0.2) is 0 Å². The minimum atomic E-state index is -1.03. The lowest BCUT2D eigenvalue weighted by Gasteiger charge is -2.10. The van der Waals surface area contributed by atoms with Gasteiger partial charge in [-0.2, -0.15) is 4.39 Å². The van der Waals surface area contributed by atoms with E-state index in [1.54, 1.807) is 0 Å². The molecule has 0 radical (unpaired) electrons. The molecule has 1 aliphatic carbocycles. The third kappa shape index (κ3) is 1.96. The molecule has 0 unspecified atom stereocenters. The normalized spacial score (nSPS) is 17.1. The monoisotopic (exact) mass is 226 g/mol. The first-order valence-corrected chi connectivity index (χ1v) is 4.86. The van der Waals surface area contributed by atoms with E-state index in [-0.39, 0.29) is 11.3 Å². The number of halogens is 1. The van der Waals surface area contributed by atoms with Crippen molar-refractivity contribution in [1.29, 1.82) is 0 Å². The average molecular weight is 226 g/mol. The van der Waals surface area contributed by atoms with Crippen LogP contribution in [0.15, 0.2) is 12.1 Å². The van der Waals surface area contributed by atoms with Crippen molar-refractivity contribution in [2.24, 2.45) is 5.73 Å². The maximum atomic E-state index is 13.1. The van der Waals surface area contributed by atoms with Crippen molar-refractivity contribution in [3.05, 3.63) is 33.6 Å². The molecule has 86 valence electrons. The van der Waals surface area contributed by atoms with Crippen LogP contribution in [0.1, 0.15) is 18.4 Å². The number of phenols is 1. The van der Waals surface area contributed by atoms with E-state index in [4.69, 9.17) is 5.73 Å². The quantitative estimate of drug-likeness (QED) is 0.603. The molecule has 3 N–H and O–H groups in total. The molecule has 0 aliphatic heterocycles. The number of hydrogen-bond donors (Lipinski definition) is 2. The lowest BCUT2D eigenvalue weighted by molar-refractivity contribution is -0.387. The summed E-state index contributed by atoms with van der Waals surface area (Å²) in [5, 5.41) is 20.0. The Hall–Kier alpha value is -1.69. The number of benzene rings is 1. The van der Waals surface area contributed by atoms with Crippen LogP contribution in [0, 0.1) is 15.9 Å². The Morgan fingerprint density at radius 2 is 2.19 bits per heavy atom.